The number of hydrogen-bond donors (Lipinski definition) is 0. The summed E-state index contributed by atoms with van der Waals surface area (Å²) in [4.78, 5) is 9.52. The first-order valence-corrected chi connectivity index (χ1v) is 12.4. The molecule has 0 unspecified atom stereocenters. The van der Waals surface area contributed by atoms with E-state index in [1.54, 1.807) is 7.11 Å². The summed E-state index contributed by atoms with van der Waals surface area (Å²) in [5.41, 5.74) is 4.17. The smallest absolute Gasteiger partial charge is 0.226 e. The molecule has 164 valence electrons. The van der Waals surface area contributed by atoms with Crippen LogP contribution in [0.15, 0.2) is 16.5 Å². The Bertz CT molecular complexity index is 1020. The predicted molar refractivity (Wildman–Crippen MR) is 117 cm³/mol. The number of aryl methyl sites for hydroxylation is 1. The highest BCUT2D eigenvalue weighted by Crippen LogP contribution is 2.32. The van der Waals surface area contributed by atoms with E-state index in [9.17, 15) is 8.42 Å². The summed E-state index contributed by atoms with van der Waals surface area (Å²) < 4.78 is 35.0. The maximum absolute atomic E-state index is 11.8. The van der Waals surface area contributed by atoms with E-state index in [4.69, 9.17) is 14.1 Å². The van der Waals surface area contributed by atoms with Crippen LogP contribution in [0.3, 0.4) is 0 Å². The molecule has 0 N–H and O–H groups in total. The SMILES string of the molecule is COc1ccc(-c2nc(CN3CCN([C@H]4CCS(=O)(=O)C4)CC3)c(C)o2)c(C)c1C. The molecule has 2 aliphatic rings. The first-order chi connectivity index (χ1) is 14.3. The molecule has 0 aliphatic carbocycles. The van der Waals surface area contributed by atoms with Gasteiger partial charge in [0.15, 0.2) is 9.84 Å². The van der Waals surface area contributed by atoms with Gasteiger partial charge in [0, 0.05) is 44.3 Å². The lowest BCUT2D eigenvalue weighted by atomic mass is 10.0. The van der Waals surface area contributed by atoms with E-state index in [2.05, 4.69) is 16.7 Å². The number of ether oxygens (including phenoxy) is 1. The number of oxazole rings is 1. The lowest BCUT2D eigenvalue weighted by Gasteiger charge is -2.37. The minimum Gasteiger partial charge on any atom is -0.496 e. The maximum Gasteiger partial charge on any atom is 0.226 e. The number of sulfone groups is 1. The van der Waals surface area contributed by atoms with Crippen LogP contribution in [0.2, 0.25) is 0 Å². The Morgan fingerprint density at radius 3 is 2.50 bits per heavy atom. The van der Waals surface area contributed by atoms with Gasteiger partial charge in [0.25, 0.3) is 0 Å². The van der Waals surface area contributed by atoms with Gasteiger partial charge < -0.3 is 9.15 Å². The van der Waals surface area contributed by atoms with Gasteiger partial charge in [0.1, 0.15) is 11.5 Å². The average molecular weight is 434 g/mol. The van der Waals surface area contributed by atoms with E-state index >= 15 is 0 Å². The molecule has 1 atom stereocenters. The number of hydrogen-bond acceptors (Lipinski definition) is 7. The highest BCUT2D eigenvalue weighted by molar-refractivity contribution is 7.91. The third kappa shape index (κ3) is 4.26. The van der Waals surface area contributed by atoms with Crippen molar-refractivity contribution in [1.82, 2.24) is 14.8 Å². The lowest BCUT2D eigenvalue weighted by Crippen LogP contribution is -2.50. The molecule has 7 nitrogen and oxygen atoms in total. The molecule has 30 heavy (non-hydrogen) atoms. The molecule has 0 amide bonds. The topological polar surface area (TPSA) is 75.9 Å². The zero-order chi connectivity index (χ0) is 21.5. The van der Waals surface area contributed by atoms with Gasteiger partial charge in [-0.15, -0.1) is 0 Å². The minimum atomic E-state index is -2.83. The Hall–Kier alpha value is -1.90. The fourth-order valence-electron chi connectivity index (χ4n) is 4.50. The molecule has 0 radical (unpaired) electrons. The second-order valence-electron chi connectivity index (χ2n) is 8.46. The molecular weight excluding hydrogens is 402 g/mol. The molecule has 2 saturated heterocycles. The fraction of sp³-hybridized carbons (Fsp3) is 0.591. The zero-order valence-electron chi connectivity index (χ0n) is 18.3. The van der Waals surface area contributed by atoms with Crippen molar-refractivity contribution in [3.05, 3.63) is 34.7 Å². The number of piperazine rings is 1. The van der Waals surface area contributed by atoms with Crippen LogP contribution in [0.5, 0.6) is 5.75 Å². The zero-order valence-corrected chi connectivity index (χ0v) is 19.1. The quantitative estimate of drug-likeness (QED) is 0.717. The van der Waals surface area contributed by atoms with Crippen LogP contribution in [-0.4, -0.2) is 74.0 Å². The van der Waals surface area contributed by atoms with Crippen molar-refractivity contribution in [2.24, 2.45) is 0 Å². The summed E-state index contributed by atoms with van der Waals surface area (Å²) >= 11 is 0. The molecule has 8 heteroatoms. The monoisotopic (exact) mass is 433 g/mol. The molecule has 2 fully saturated rings. The van der Waals surface area contributed by atoms with Crippen LogP contribution in [0, 0.1) is 20.8 Å². The number of benzene rings is 1. The minimum absolute atomic E-state index is 0.193. The van der Waals surface area contributed by atoms with Gasteiger partial charge in [-0.05, 0) is 50.5 Å². The number of aromatic nitrogens is 1. The second-order valence-corrected chi connectivity index (χ2v) is 10.7. The Labute approximate surface area is 178 Å². The van der Waals surface area contributed by atoms with Gasteiger partial charge in [-0.25, -0.2) is 13.4 Å². The molecule has 0 saturated carbocycles. The van der Waals surface area contributed by atoms with E-state index in [0.29, 0.717) is 17.4 Å². The maximum atomic E-state index is 11.8. The van der Waals surface area contributed by atoms with Gasteiger partial charge in [0.2, 0.25) is 5.89 Å². The molecule has 4 rings (SSSR count). The van der Waals surface area contributed by atoms with Gasteiger partial charge in [0.05, 0.1) is 24.3 Å². The van der Waals surface area contributed by atoms with E-state index in [1.165, 1.54) is 0 Å². The normalized spacial score (nSPS) is 22.5. The fourth-order valence-corrected chi connectivity index (χ4v) is 6.26. The van der Waals surface area contributed by atoms with E-state index in [1.807, 2.05) is 26.0 Å². The predicted octanol–water partition coefficient (Wildman–Crippen LogP) is 2.58. The number of methoxy groups -OCH3 is 1. The summed E-state index contributed by atoms with van der Waals surface area (Å²) in [6, 6.07) is 4.16. The van der Waals surface area contributed by atoms with E-state index in [-0.39, 0.29) is 6.04 Å². The molecule has 1 aromatic heterocycles. The van der Waals surface area contributed by atoms with Crippen molar-refractivity contribution in [3.8, 4) is 17.2 Å². The molecule has 0 spiro atoms. The Morgan fingerprint density at radius 2 is 1.87 bits per heavy atom. The first kappa shape index (κ1) is 21.3. The van der Waals surface area contributed by atoms with Gasteiger partial charge in [-0.2, -0.15) is 0 Å². The summed E-state index contributed by atoms with van der Waals surface area (Å²) in [5, 5.41) is 0. The largest absolute Gasteiger partial charge is 0.496 e. The van der Waals surface area contributed by atoms with Crippen LogP contribution in [-0.2, 0) is 16.4 Å². The Morgan fingerprint density at radius 1 is 1.13 bits per heavy atom. The van der Waals surface area contributed by atoms with E-state index < -0.39 is 9.84 Å². The van der Waals surface area contributed by atoms with Gasteiger partial charge >= 0.3 is 0 Å². The van der Waals surface area contributed by atoms with Crippen molar-refractivity contribution in [3.63, 3.8) is 0 Å². The summed E-state index contributed by atoms with van der Waals surface area (Å²) in [5.74, 6) is 3.03. The van der Waals surface area contributed by atoms with Gasteiger partial charge in [-0.3, -0.25) is 9.80 Å². The molecule has 2 aliphatic heterocycles. The van der Waals surface area contributed by atoms with Crippen molar-refractivity contribution in [1.29, 1.82) is 0 Å². The molecular formula is C22H31N3O4S. The first-order valence-electron chi connectivity index (χ1n) is 10.5. The van der Waals surface area contributed by atoms with Crippen LogP contribution < -0.4 is 4.74 Å². The second kappa shape index (κ2) is 8.32. The van der Waals surface area contributed by atoms with E-state index in [0.717, 1.165) is 73.0 Å². The number of nitrogens with zero attached hydrogens (tertiary/aromatic N) is 3. The summed E-state index contributed by atoms with van der Waals surface area (Å²) in [6.45, 7) is 10.5. The van der Waals surface area contributed by atoms with Crippen molar-refractivity contribution >= 4 is 9.84 Å². The van der Waals surface area contributed by atoms with Gasteiger partial charge in [-0.1, -0.05) is 0 Å². The van der Waals surface area contributed by atoms with Crippen molar-refractivity contribution in [2.75, 3.05) is 44.8 Å². The van der Waals surface area contributed by atoms with Crippen LogP contribution in [0.25, 0.3) is 11.5 Å². The average Bonchev–Trinajstić information content (AvgIpc) is 3.26. The molecule has 3 heterocycles. The Balaban J connectivity index is 1.41. The van der Waals surface area contributed by atoms with Crippen molar-refractivity contribution in [2.45, 2.75) is 39.8 Å². The molecule has 0 bridgehead atoms. The number of rotatable bonds is 5. The standard InChI is InChI=1S/C22H31N3O4S/c1-15-16(2)21(28-4)6-5-19(15)22-23-20(17(3)29-22)13-24-8-10-25(11-9-24)18-7-12-30(26,27)14-18/h5-6,18H,7-14H2,1-4H3/t18-/m0/s1. The third-order valence-electron chi connectivity index (χ3n) is 6.59. The third-order valence-corrected chi connectivity index (χ3v) is 8.34. The summed E-state index contributed by atoms with van der Waals surface area (Å²) in [6.07, 6.45) is 0.773. The lowest BCUT2D eigenvalue weighted by molar-refractivity contribution is 0.0990. The van der Waals surface area contributed by atoms with Crippen LogP contribution in [0.4, 0.5) is 0 Å². The van der Waals surface area contributed by atoms with Crippen LogP contribution in [0.1, 0.15) is 29.0 Å². The highest BCUT2D eigenvalue weighted by atomic mass is 32.2. The molecule has 1 aromatic carbocycles. The summed E-state index contributed by atoms with van der Waals surface area (Å²) in [7, 11) is -1.15. The highest BCUT2D eigenvalue weighted by Gasteiger charge is 2.33. The van der Waals surface area contributed by atoms with Crippen molar-refractivity contribution < 1.29 is 17.6 Å². The Kier molecular flexibility index (Phi) is 5.92. The molecule has 2 aromatic rings. The van der Waals surface area contributed by atoms with Crippen LogP contribution >= 0.6 is 0 Å².